The summed E-state index contributed by atoms with van der Waals surface area (Å²) < 4.78 is 11.6. The van der Waals surface area contributed by atoms with E-state index < -0.39 is 0 Å². The van der Waals surface area contributed by atoms with Crippen LogP contribution in [0, 0.1) is 0 Å². The van der Waals surface area contributed by atoms with Gasteiger partial charge in [-0.1, -0.05) is 30.9 Å². The van der Waals surface area contributed by atoms with Crippen LogP contribution < -0.4 is 9.47 Å². The largest absolute Gasteiger partial charge is 0.493 e. The number of hydrogen-bond donors (Lipinski definition) is 0. The fourth-order valence-electron chi connectivity index (χ4n) is 1.89. The van der Waals surface area contributed by atoms with Gasteiger partial charge in [0.2, 0.25) is 0 Å². The third kappa shape index (κ3) is 5.90. The second-order valence-corrected chi connectivity index (χ2v) is 5.31. The highest BCUT2D eigenvalue weighted by atomic mass is 16.5. The van der Waals surface area contributed by atoms with Crippen LogP contribution >= 0.6 is 0 Å². The van der Waals surface area contributed by atoms with E-state index in [0.717, 1.165) is 29.1 Å². The van der Waals surface area contributed by atoms with Crippen molar-refractivity contribution < 1.29 is 9.47 Å². The zero-order valence-electron chi connectivity index (χ0n) is 13.6. The Hall–Kier alpha value is -1.96. The number of rotatable bonds is 8. The van der Waals surface area contributed by atoms with E-state index in [4.69, 9.17) is 9.47 Å². The average molecular weight is 286 g/mol. The van der Waals surface area contributed by atoms with E-state index in [2.05, 4.69) is 13.2 Å². The van der Waals surface area contributed by atoms with Crippen molar-refractivity contribution in [2.24, 2.45) is 0 Å². The van der Waals surface area contributed by atoms with E-state index in [9.17, 15) is 0 Å². The molecular weight excluding hydrogens is 260 g/mol. The molecule has 0 aliphatic heterocycles. The van der Waals surface area contributed by atoms with Gasteiger partial charge in [-0.25, -0.2) is 0 Å². The first kappa shape index (κ1) is 17.1. The molecule has 0 aliphatic rings. The van der Waals surface area contributed by atoms with Crippen molar-refractivity contribution in [2.75, 3.05) is 6.61 Å². The van der Waals surface area contributed by atoms with Gasteiger partial charge in [0.25, 0.3) is 0 Å². The topological polar surface area (TPSA) is 18.5 Å². The molecule has 0 spiro atoms. The third-order valence-electron chi connectivity index (χ3n) is 3.04. The highest BCUT2D eigenvalue weighted by Crippen LogP contribution is 2.27. The predicted molar refractivity (Wildman–Crippen MR) is 91.0 cm³/mol. The number of ether oxygens (including phenoxy) is 2. The summed E-state index contributed by atoms with van der Waals surface area (Å²) in [6.45, 7) is 16.4. The van der Waals surface area contributed by atoms with Crippen molar-refractivity contribution in [1.29, 1.82) is 0 Å². The third-order valence-corrected chi connectivity index (χ3v) is 3.04. The maximum Gasteiger partial charge on any atom is 0.123 e. The molecule has 21 heavy (non-hydrogen) atoms. The molecule has 0 bridgehead atoms. The molecular formula is C19H26O2. The Labute approximate surface area is 128 Å². The van der Waals surface area contributed by atoms with Crippen LogP contribution in [0.3, 0.4) is 0 Å². The second-order valence-electron chi connectivity index (χ2n) is 5.31. The number of benzene rings is 1. The van der Waals surface area contributed by atoms with Gasteiger partial charge < -0.3 is 9.47 Å². The Balaban J connectivity index is 2.82. The fourth-order valence-corrected chi connectivity index (χ4v) is 1.89. The van der Waals surface area contributed by atoms with Crippen molar-refractivity contribution in [1.82, 2.24) is 0 Å². The highest BCUT2D eigenvalue weighted by molar-refractivity contribution is 5.64. The predicted octanol–water partition coefficient (Wildman–Crippen LogP) is 5.41. The molecule has 0 aromatic heterocycles. The summed E-state index contributed by atoms with van der Waals surface area (Å²) in [5.74, 6) is 1.63. The van der Waals surface area contributed by atoms with Crippen LogP contribution in [0.25, 0.3) is 5.57 Å². The first-order chi connectivity index (χ1) is 9.96. The molecule has 0 atom stereocenters. The van der Waals surface area contributed by atoms with E-state index in [1.165, 1.54) is 5.57 Å². The first-order valence-electron chi connectivity index (χ1n) is 7.34. The van der Waals surface area contributed by atoms with Gasteiger partial charge in [-0.3, -0.25) is 0 Å². The number of hydrogen-bond acceptors (Lipinski definition) is 2. The van der Waals surface area contributed by atoms with Gasteiger partial charge in [-0.05, 0) is 51.0 Å². The maximum atomic E-state index is 5.84. The van der Waals surface area contributed by atoms with Crippen LogP contribution in [0.4, 0.5) is 0 Å². The van der Waals surface area contributed by atoms with Crippen molar-refractivity contribution in [2.45, 2.75) is 40.2 Å². The zero-order chi connectivity index (χ0) is 15.8. The molecule has 0 amide bonds. The minimum atomic E-state index is 0.133. The summed E-state index contributed by atoms with van der Waals surface area (Å²) in [4.78, 5) is 0. The lowest BCUT2D eigenvalue weighted by atomic mass is 10.1. The van der Waals surface area contributed by atoms with Crippen LogP contribution in [-0.4, -0.2) is 12.7 Å². The molecule has 1 aromatic rings. The lowest BCUT2D eigenvalue weighted by Crippen LogP contribution is -2.06. The standard InChI is InChI=1S/C19H26O2/c1-7-16(8-2)9-10-20-18-11-17(14(3)4)12-19(13-18)21-15(5)6/h7-8,11-13,15H,1,3,9-10H2,2,4-6H3/b16-8+. The highest BCUT2D eigenvalue weighted by Gasteiger charge is 2.06. The Morgan fingerprint density at radius 1 is 1.24 bits per heavy atom. The van der Waals surface area contributed by atoms with Gasteiger partial charge >= 0.3 is 0 Å². The van der Waals surface area contributed by atoms with Crippen LogP contribution in [-0.2, 0) is 0 Å². The summed E-state index contributed by atoms with van der Waals surface area (Å²) in [6, 6.07) is 5.92. The molecule has 2 heteroatoms. The van der Waals surface area contributed by atoms with Gasteiger partial charge in [0.15, 0.2) is 0 Å². The second kappa shape index (κ2) is 8.35. The molecule has 0 heterocycles. The first-order valence-corrected chi connectivity index (χ1v) is 7.34. The van der Waals surface area contributed by atoms with Crippen molar-refractivity contribution in [3.63, 3.8) is 0 Å². The molecule has 0 aliphatic carbocycles. The zero-order valence-corrected chi connectivity index (χ0v) is 13.6. The molecule has 0 fully saturated rings. The fraction of sp³-hybridized carbons (Fsp3) is 0.368. The molecule has 0 N–H and O–H groups in total. The summed E-state index contributed by atoms with van der Waals surface area (Å²) in [5, 5.41) is 0. The molecule has 0 saturated heterocycles. The summed E-state index contributed by atoms with van der Waals surface area (Å²) >= 11 is 0. The van der Waals surface area contributed by atoms with Crippen LogP contribution in [0.5, 0.6) is 11.5 Å². The van der Waals surface area contributed by atoms with E-state index >= 15 is 0 Å². The summed E-state index contributed by atoms with van der Waals surface area (Å²) in [5.41, 5.74) is 3.22. The van der Waals surface area contributed by atoms with E-state index in [-0.39, 0.29) is 6.10 Å². The Morgan fingerprint density at radius 2 is 1.90 bits per heavy atom. The maximum absolute atomic E-state index is 5.84. The van der Waals surface area contributed by atoms with Crippen molar-refractivity contribution in [3.8, 4) is 11.5 Å². The van der Waals surface area contributed by atoms with Crippen molar-refractivity contribution in [3.05, 3.63) is 54.6 Å². The molecule has 114 valence electrons. The SMILES string of the molecule is C=C/C(=C\C)CCOc1cc(OC(C)C)cc(C(=C)C)c1. The van der Waals surface area contributed by atoms with Gasteiger partial charge in [0, 0.05) is 12.5 Å². The lowest BCUT2D eigenvalue weighted by Gasteiger charge is -2.14. The molecule has 0 radical (unpaired) electrons. The van der Waals surface area contributed by atoms with Gasteiger partial charge in [0.05, 0.1) is 12.7 Å². The van der Waals surface area contributed by atoms with E-state index in [1.54, 1.807) is 0 Å². The van der Waals surface area contributed by atoms with E-state index in [0.29, 0.717) is 6.61 Å². The van der Waals surface area contributed by atoms with Crippen molar-refractivity contribution >= 4 is 5.57 Å². The lowest BCUT2D eigenvalue weighted by molar-refractivity contribution is 0.240. The molecule has 2 nitrogen and oxygen atoms in total. The van der Waals surface area contributed by atoms with Crippen LogP contribution in [0.2, 0.25) is 0 Å². The molecule has 1 aromatic carbocycles. The normalized spacial score (nSPS) is 11.4. The van der Waals surface area contributed by atoms with Gasteiger partial charge in [-0.2, -0.15) is 0 Å². The molecule has 0 saturated carbocycles. The minimum absolute atomic E-state index is 0.133. The van der Waals surface area contributed by atoms with Crippen LogP contribution in [0.1, 0.15) is 39.7 Å². The Morgan fingerprint density at radius 3 is 2.43 bits per heavy atom. The van der Waals surface area contributed by atoms with E-state index in [1.807, 2.05) is 58.0 Å². The summed E-state index contributed by atoms with van der Waals surface area (Å²) in [7, 11) is 0. The van der Waals surface area contributed by atoms with Gasteiger partial charge in [0.1, 0.15) is 11.5 Å². The monoisotopic (exact) mass is 286 g/mol. The van der Waals surface area contributed by atoms with Crippen LogP contribution in [0.15, 0.2) is 49.1 Å². The Kier molecular flexibility index (Phi) is 6.80. The molecule has 0 unspecified atom stereocenters. The smallest absolute Gasteiger partial charge is 0.123 e. The molecule has 1 rings (SSSR count). The summed E-state index contributed by atoms with van der Waals surface area (Å²) in [6.07, 6.45) is 4.89. The van der Waals surface area contributed by atoms with Gasteiger partial charge in [-0.15, -0.1) is 0 Å². The average Bonchev–Trinajstić information content (AvgIpc) is 2.42. The quantitative estimate of drug-likeness (QED) is 0.595. The minimum Gasteiger partial charge on any atom is -0.493 e. The Bertz CT molecular complexity index is 524. The number of allylic oxidation sites excluding steroid dienone is 3.